The monoisotopic (exact) mass is 652 g/mol. The van der Waals surface area contributed by atoms with E-state index >= 15 is 0 Å². The first-order chi connectivity index (χ1) is 22.0. The molecule has 3 atom stereocenters. The van der Waals surface area contributed by atoms with E-state index < -0.39 is 0 Å². The third kappa shape index (κ3) is 25.8. The molecule has 7 nitrogen and oxygen atoms in total. The maximum absolute atomic E-state index is 5.86. The van der Waals surface area contributed by atoms with Crippen LogP contribution < -0.4 is 27.4 Å². The van der Waals surface area contributed by atoms with Crippen molar-refractivity contribution < 1.29 is 0 Å². The molecule has 1 heterocycles. The van der Waals surface area contributed by atoms with Gasteiger partial charge in [-0.1, -0.05) is 120 Å². The van der Waals surface area contributed by atoms with Crippen LogP contribution in [0.1, 0.15) is 45.2 Å². The van der Waals surface area contributed by atoms with Crippen LogP contribution in [0.25, 0.3) is 0 Å². The molecule has 46 heavy (non-hydrogen) atoms. The van der Waals surface area contributed by atoms with E-state index in [0.29, 0.717) is 12.5 Å². The van der Waals surface area contributed by atoms with Crippen molar-refractivity contribution in [2.24, 2.45) is 23.3 Å². The fourth-order valence-electron chi connectivity index (χ4n) is 4.13. The van der Waals surface area contributed by atoms with Gasteiger partial charge in [0, 0.05) is 36.7 Å². The predicted molar refractivity (Wildman–Crippen MR) is 209 cm³/mol. The van der Waals surface area contributed by atoms with E-state index in [1.54, 1.807) is 0 Å². The van der Waals surface area contributed by atoms with Crippen molar-refractivity contribution in [3.63, 3.8) is 0 Å². The summed E-state index contributed by atoms with van der Waals surface area (Å²) in [6, 6.07) is 21.0. The number of allylic oxidation sites excluding steroid dienone is 1. The molecular formula is C38H66N7P. The number of nitrogens with zero attached hydrogens (tertiary/aromatic N) is 1. The highest BCUT2D eigenvalue weighted by molar-refractivity contribution is 7.38. The molecular weight excluding hydrogens is 585 g/mol. The molecule has 8 N–H and O–H groups in total. The van der Waals surface area contributed by atoms with Crippen LogP contribution >= 0.6 is 8.58 Å². The number of rotatable bonds is 12. The highest BCUT2D eigenvalue weighted by Gasteiger charge is 2.19. The van der Waals surface area contributed by atoms with Gasteiger partial charge in [0.05, 0.1) is 18.9 Å². The van der Waals surface area contributed by atoms with Gasteiger partial charge in [0.1, 0.15) is 0 Å². The molecule has 1 fully saturated rings. The molecule has 0 radical (unpaired) electrons. The standard InChI is InChI=1S/C24H39N4P.C7H8.C4H10.C2H5N.CH4N2/c1-19(16-23-10-7-6-8-11-23)21(3)26-17-20(2)27-24(18-25-5)22(4)28-12-9-14-29-15-13-28;1-7-5-3-2-4-6-7;1-4(2)3;1-2-3;2-1-3/h6-8,10-11,19,24-27,29H,2-4,9,12-18H2,1,5H3;2-6H,1H3;4H,1-3H3;2H,1,3H2;1H,(H3,2,3). The largest absolute Gasteiger partial charge is 0.405 e. The molecule has 8 heteroatoms. The number of nitrogens with two attached hydrogens (primary N) is 2. The summed E-state index contributed by atoms with van der Waals surface area (Å²) in [7, 11) is 3.08. The molecule has 1 aliphatic heterocycles. The first-order valence-corrected chi connectivity index (χ1v) is 17.6. The van der Waals surface area contributed by atoms with Crippen LogP contribution in [0.3, 0.4) is 0 Å². The van der Waals surface area contributed by atoms with Gasteiger partial charge in [0.2, 0.25) is 0 Å². The SMILES string of the molecule is C=C(CNC(=C)C(C)Cc1ccccc1)NC(CNC)C(=C)N1CCCPCC1.C=CN.CC(C)C.Cc1ccccc1.N=CN. The van der Waals surface area contributed by atoms with Crippen molar-refractivity contribution in [3.8, 4) is 0 Å². The van der Waals surface area contributed by atoms with Crippen LogP contribution in [-0.2, 0) is 6.42 Å². The maximum atomic E-state index is 5.86. The van der Waals surface area contributed by atoms with E-state index in [1.807, 2.05) is 25.2 Å². The van der Waals surface area contributed by atoms with E-state index in [4.69, 9.17) is 5.41 Å². The van der Waals surface area contributed by atoms with Crippen molar-refractivity contribution in [1.29, 1.82) is 5.41 Å². The van der Waals surface area contributed by atoms with Crippen LogP contribution in [-0.4, -0.2) is 62.8 Å². The molecule has 0 amide bonds. The highest BCUT2D eigenvalue weighted by atomic mass is 31.1. The Kier molecular flexibility index (Phi) is 29.2. The summed E-state index contributed by atoms with van der Waals surface area (Å²) in [6.45, 7) is 30.6. The van der Waals surface area contributed by atoms with Crippen LogP contribution in [0.2, 0.25) is 0 Å². The van der Waals surface area contributed by atoms with E-state index in [2.05, 4.69) is 136 Å². The predicted octanol–water partition coefficient (Wildman–Crippen LogP) is 6.86. The van der Waals surface area contributed by atoms with E-state index in [0.717, 1.165) is 58.3 Å². The second kappa shape index (κ2) is 30.1. The number of aryl methyl sites for hydroxylation is 1. The fraction of sp³-hybridized carbons (Fsp3) is 0.447. The first kappa shape index (κ1) is 44.6. The zero-order chi connectivity index (χ0) is 35.2. The summed E-state index contributed by atoms with van der Waals surface area (Å²) in [6.07, 6.45) is 6.90. The third-order valence-electron chi connectivity index (χ3n) is 6.38. The summed E-state index contributed by atoms with van der Waals surface area (Å²) in [5, 5.41) is 16.2. The van der Waals surface area contributed by atoms with Gasteiger partial charge in [0.25, 0.3) is 0 Å². The lowest BCUT2D eigenvalue weighted by Gasteiger charge is -2.32. The first-order valence-electron chi connectivity index (χ1n) is 16.2. The molecule has 258 valence electrons. The lowest BCUT2D eigenvalue weighted by atomic mass is 9.98. The van der Waals surface area contributed by atoms with Gasteiger partial charge >= 0.3 is 0 Å². The lowest BCUT2D eigenvalue weighted by Crippen LogP contribution is -2.45. The Morgan fingerprint density at radius 3 is 1.96 bits per heavy atom. The number of hydrogen-bond acceptors (Lipinski definition) is 6. The Morgan fingerprint density at radius 1 is 0.957 bits per heavy atom. The van der Waals surface area contributed by atoms with Crippen LogP contribution in [0, 0.1) is 24.2 Å². The van der Waals surface area contributed by atoms with Gasteiger partial charge in [-0.05, 0) is 62.7 Å². The van der Waals surface area contributed by atoms with Gasteiger partial charge in [-0.15, -0.1) is 8.58 Å². The molecule has 2 aromatic carbocycles. The average molecular weight is 652 g/mol. The number of likely N-dealkylation sites (N-methyl/N-ethyl adjacent to an activating group) is 1. The van der Waals surface area contributed by atoms with Crippen LogP contribution in [0.4, 0.5) is 0 Å². The van der Waals surface area contributed by atoms with E-state index in [1.165, 1.54) is 41.8 Å². The van der Waals surface area contributed by atoms with Crippen LogP contribution in [0.15, 0.2) is 110 Å². The molecule has 0 aliphatic carbocycles. The normalized spacial score (nSPS) is 13.5. The molecule has 0 spiro atoms. The summed E-state index contributed by atoms with van der Waals surface area (Å²) in [5.74, 6) is 1.20. The summed E-state index contributed by atoms with van der Waals surface area (Å²) >= 11 is 0. The molecule has 1 aliphatic rings. The number of benzene rings is 2. The van der Waals surface area contributed by atoms with Crippen molar-refractivity contribution in [2.75, 3.05) is 45.6 Å². The average Bonchev–Trinajstić information content (AvgIpc) is 3.31. The van der Waals surface area contributed by atoms with Gasteiger partial charge in [-0.3, -0.25) is 5.41 Å². The Morgan fingerprint density at radius 2 is 1.48 bits per heavy atom. The van der Waals surface area contributed by atoms with Crippen molar-refractivity contribution in [3.05, 3.63) is 121 Å². The van der Waals surface area contributed by atoms with Gasteiger partial charge in [-0.2, -0.15) is 0 Å². The van der Waals surface area contributed by atoms with Gasteiger partial charge in [0.15, 0.2) is 0 Å². The molecule has 0 aromatic heterocycles. The summed E-state index contributed by atoms with van der Waals surface area (Å²) in [4.78, 5) is 2.45. The molecule has 3 unspecified atom stereocenters. The molecule has 2 aromatic rings. The third-order valence-corrected chi connectivity index (χ3v) is 7.67. The molecule has 1 saturated heterocycles. The second-order valence-electron chi connectivity index (χ2n) is 11.7. The number of hydrogen-bond donors (Lipinski definition) is 6. The summed E-state index contributed by atoms with van der Waals surface area (Å²) in [5.41, 5.74) is 14.8. The smallest absolute Gasteiger partial charge is 0.0777 e. The lowest BCUT2D eigenvalue weighted by molar-refractivity contribution is 0.332. The van der Waals surface area contributed by atoms with Crippen molar-refractivity contribution >= 4 is 14.9 Å². The number of nitrogens with one attached hydrogen (secondary N) is 4. The Bertz CT molecular complexity index is 1040. The molecule has 3 rings (SSSR count). The molecule has 0 bridgehead atoms. The minimum Gasteiger partial charge on any atom is -0.405 e. The Hall–Kier alpha value is -3.54. The minimum absolute atomic E-state index is 0.158. The fourth-order valence-corrected chi connectivity index (χ4v) is 5.21. The zero-order valence-corrected chi connectivity index (χ0v) is 30.7. The Balaban J connectivity index is 0. The maximum Gasteiger partial charge on any atom is 0.0777 e. The van der Waals surface area contributed by atoms with Crippen LogP contribution in [0.5, 0.6) is 0 Å². The Labute approximate surface area is 284 Å². The van der Waals surface area contributed by atoms with Gasteiger partial charge < -0.3 is 32.3 Å². The highest BCUT2D eigenvalue weighted by Crippen LogP contribution is 2.20. The summed E-state index contributed by atoms with van der Waals surface area (Å²) < 4.78 is 0. The quantitative estimate of drug-likeness (QED) is 0.0850. The van der Waals surface area contributed by atoms with E-state index in [-0.39, 0.29) is 6.04 Å². The van der Waals surface area contributed by atoms with Crippen molar-refractivity contribution in [2.45, 2.75) is 53.5 Å². The topological polar surface area (TPSA) is 115 Å². The van der Waals surface area contributed by atoms with Gasteiger partial charge in [-0.25, -0.2) is 0 Å². The minimum atomic E-state index is 0.158. The van der Waals surface area contributed by atoms with Crippen molar-refractivity contribution in [1.82, 2.24) is 20.9 Å². The van der Waals surface area contributed by atoms with E-state index in [9.17, 15) is 0 Å². The second-order valence-corrected chi connectivity index (χ2v) is 13.2. The zero-order valence-electron chi connectivity index (χ0n) is 29.7. The molecule has 0 saturated carbocycles.